The lowest BCUT2D eigenvalue weighted by Crippen LogP contribution is -2.52. The Labute approximate surface area is 107 Å². The molecule has 1 heterocycles. The Morgan fingerprint density at radius 1 is 1.18 bits per heavy atom. The monoisotopic (exact) mass is 236 g/mol. The van der Waals surface area contributed by atoms with E-state index >= 15 is 0 Å². The second kappa shape index (κ2) is 5.14. The molecular weight excluding hydrogens is 206 g/mol. The number of piperidine rings is 1. The van der Waals surface area contributed by atoms with E-state index in [0.717, 1.165) is 17.8 Å². The molecule has 17 heavy (non-hydrogen) atoms. The van der Waals surface area contributed by atoms with E-state index in [-0.39, 0.29) is 0 Å². The summed E-state index contributed by atoms with van der Waals surface area (Å²) < 4.78 is 1.34. The van der Waals surface area contributed by atoms with Crippen molar-refractivity contribution in [2.45, 2.75) is 46.5 Å². The summed E-state index contributed by atoms with van der Waals surface area (Å²) in [6.07, 6.45) is 8.21. The molecule has 3 atom stereocenters. The maximum atomic E-state index is 2.53. The molecule has 0 unspecified atom stereocenters. The highest BCUT2D eigenvalue weighted by atomic mass is 15.3. The maximum absolute atomic E-state index is 2.53. The Morgan fingerprint density at radius 3 is 2.41 bits per heavy atom. The largest absolute Gasteiger partial charge is 0.326 e. The number of hydrogen-bond acceptors (Lipinski definition) is 0. The third kappa shape index (κ3) is 3.13. The first-order valence-electron chi connectivity index (χ1n) is 7.51. The molecule has 2 rings (SSSR count). The topological polar surface area (TPSA) is 0 Å². The van der Waals surface area contributed by atoms with Gasteiger partial charge in [-0.2, -0.15) is 0 Å². The summed E-state index contributed by atoms with van der Waals surface area (Å²) >= 11 is 0. The van der Waals surface area contributed by atoms with Gasteiger partial charge in [0.25, 0.3) is 0 Å². The molecule has 1 saturated heterocycles. The average molecular weight is 236 g/mol. The first-order chi connectivity index (χ1) is 8.00. The molecular formula is C16H30N+. The third-order valence-electron chi connectivity index (χ3n) is 5.15. The molecule has 2 aliphatic rings. The van der Waals surface area contributed by atoms with Crippen molar-refractivity contribution < 1.29 is 4.48 Å². The van der Waals surface area contributed by atoms with Crippen LogP contribution in [0.3, 0.4) is 0 Å². The van der Waals surface area contributed by atoms with Gasteiger partial charge < -0.3 is 4.48 Å². The second-order valence-corrected chi connectivity index (χ2v) is 7.03. The van der Waals surface area contributed by atoms with Gasteiger partial charge in [0.15, 0.2) is 0 Å². The van der Waals surface area contributed by atoms with Crippen LogP contribution in [0.5, 0.6) is 0 Å². The van der Waals surface area contributed by atoms with E-state index in [0.29, 0.717) is 0 Å². The fraction of sp³-hybridized carbons (Fsp3) is 0.875. The zero-order chi connectivity index (χ0) is 12.5. The molecule has 0 N–H and O–H groups in total. The number of rotatable bonds is 2. The number of nitrogens with zero attached hydrogens (tertiary/aromatic N) is 1. The smallest absolute Gasteiger partial charge is 0.0821 e. The molecule has 0 aromatic carbocycles. The van der Waals surface area contributed by atoms with E-state index in [2.05, 4.69) is 33.9 Å². The van der Waals surface area contributed by atoms with Crippen LogP contribution in [0.25, 0.3) is 0 Å². The highest BCUT2D eigenvalue weighted by molar-refractivity contribution is 5.08. The van der Waals surface area contributed by atoms with Gasteiger partial charge >= 0.3 is 0 Å². The quantitative estimate of drug-likeness (QED) is 0.504. The van der Waals surface area contributed by atoms with E-state index in [1.54, 1.807) is 5.57 Å². The molecule has 0 spiro atoms. The number of allylic oxidation sites excluding steroid dienone is 2. The second-order valence-electron chi connectivity index (χ2n) is 7.03. The maximum Gasteiger partial charge on any atom is 0.0821 e. The zero-order valence-electron chi connectivity index (χ0n) is 12.2. The summed E-state index contributed by atoms with van der Waals surface area (Å²) in [6, 6.07) is 0. The van der Waals surface area contributed by atoms with Gasteiger partial charge in [0.05, 0.1) is 26.7 Å². The lowest BCUT2D eigenvalue weighted by atomic mass is 9.74. The van der Waals surface area contributed by atoms with Crippen LogP contribution in [0.15, 0.2) is 11.6 Å². The van der Waals surface area contributed by atoms with E-state index in [4.69, 9.17) is 0 Å². The predicted octanol–water partition coefficient (Wildman–Crippen LogP) is 3.86. The van der Waals surface area contributed by atoms with Crippen molar-refractivity contribution >= 4 is 0 Å². The van der Waals surface area contributed by atoms with Crippen molar-refractivity contribution in [2.75, 3.05) is 26.7 Å². The van der Waals surface area contributed by atoms with E-state index in [9.17, 15) is 0 Å². The van der Waals surface area contributed by atoms with Gasteiger partial charge in [-0.3, -0.25) is 0 Å². The van der Waals surface area contributed by atoms with E-state index in [1.807, 2.05) is 0 Å². The standard InChI is InChI=1S/C16H30N/c1-13-10-14(2)16(15(3)11-13)12-17(4)8-6-5-7-9-17/h10,14-16H,5-9,11-12H2,1-4H3/q+1/t14-,15+,16-/m0/s1. The van der Waals surface area contributed by atoms with Crippen molar-refractivity contribution in [1.29, 1.82) is 0 Å². The summed E-state index contributed by atoms with van der Waals surface area (Å²) in [5, 5.41) is 0. The molecule has 1 nitrogen and oxygen atoms in total. The van der Waals surface area contributed by atoms with Gasteiger partial charge in [-0.1, -0.05) is 25.5 Å². The highest BCUT2D eigenvalue weighted by Crippen LogP contribution is 2.35. The lowest BCUT2D eigenvalue weighted by Gasteiger charge is -2.44. The number of hydrogen-bond donors (Lipinski definition) is 0. The van der Waals surface area contributed by atoms with Crippen molar-refractivity contribution in [1.82, 2.24) is 0 Å². The van der Waals surface area contributed by atoms with Gasteiger partial charge in [-0.05, 0) is 44.4 Å². The van der Waals surface area contributed by atoms with Crippen LogP contribution in [0.4, 0.5) is 0 Å². The minimum absolute atomic E-state index is 0.788. The molecule has 1 fully saturated rings. The minimum atomic E-state index is 0.788. The Balaban J connectivity index is 2.02. The third-order valence-corrected chi connectivity index (χ3v) is 5.15. The summed E-state index contributed by atoms with van der Waals surface area (Å²) in [7, 11) is 2.49. The van der Waals surface area contributed by atoms with Crippen molar-refractivity contribution in [3.8, 4) is 0 Å². The predicted molar refractivity (Wildman–Crippen MR) is 74.8 cm³/mol. The Kier molecular flexibility index (Phi) is 3.97. The van der Waals surface area contributed by atoms with Crippen LogP contribution in [0.1, 0.15) is 46.5 Å². The summed E-state index contributed by atoms with van der Waals surface area (Å²) in [4.78, 5) is 0. The van der Waals surface area contributed by atoms with Crippen molar-refractivity contribution in [3.63, 3.8) is 0 Å². The fourth-order valence-electron chi connectivity index (χ4n) is 4.13. The first kappa shape index (κ1) is 13.1. The van der Waals surface area contributed by atoms with E-state index < -0.39 is 0 Å². The molecule has 0 radical (unpaired) electrons. The summed E-state index contributed by atoms with van der Waals surface area (Å²) in [6.45, 7) is 11.4. The Hall–Kier alpha value is -0.300. The molecule has 98 valence electrons. The Bertz CT molecular complexity index is 286. The molecule has 1 aliphatic carbocycles. The van der Waals surface area contributed by atoms with Crippen LogP contribution < -0.4 is 0 Å². The molecule has 0 aromatic rings. The number of likely N-dealkylation sites (tertiary alicyclic amines) is 1. The fourth-order valence-corrected chi connectivity index (χ4v) is 4.13. The molecule has 0 saturated carbocycles. The van der Waals surface area contributed by atoms with Gasteiger partial charge in [-0.25, -0.2) is 0 Å². The SMILES string of the molecule is CC1=C[C@H](C)[C@H](C[N+]2(C)CCCCC2)[C@H](C)C1. The first-order valence-corrected chi connectivity index (χ1v) is 7.51. The van der Waals surface area contributed by atoms with Gasteiger partial charge in [0.2, 0.25) is 0 Å². The summed E-state index contributed by atoms with van der Waals surface area (Å²) in [5.41, 5.74) is 1.61. The molecule has 0 bridgehead atoms. The van der Waals surface area contributed by atoms with Crippen LogP contribution in [0, 0.1) is 17.8 Å². The van der Waals surface area contributed by atoms with Gasteiger partial charge in [-0.15, -0.1) is 0 Å². The zero-order valence-corrected chi connectivity index (χ0v) is 12.2. The highest BCUT2D eigenvalue weighted by Gasteiger charge is 2.35. The molecule has 1 heteroatoms. The minimum Gasteiger partial charge on any atom is -0.326 e. The van der Waals surface area contributed by atoms with Gasteiger partial charge in [0.1, 0.15) is 0 Å². The Morgan fingerprint density at radius 2 is 1.82 bits per heavy atom. The lowest BCUT2D eigenvalue weighted by molar-refractivity contribution is -0.918. The van der Waals surface area contributed by atoms with Crippen molar-refractivity contribution in [2.24, 2.45) is 17.8 Å². The molecule has 0 aromatic heterocycles. The van der Waals surface area contributed by atoms with Crippen LogP contribution in [-0.4, -0.2) is 31.2 Å². The normalized spacial score (nSPS) is 37.6. The van der Waals surface area contributed by atoms with Crippen LogP contribution >= 0.6 is 0 Å². The molecule has 0 amide bonds. The van der Waals surface area contributed by atoms with Gasteiger partial charge in [0, 0.05) is 5.92 Å². The van der Waals surface area contributed by atoms with Crippen molar-refractivity contribution in [3.05, 3.63) is 11.6 Å². The van der Waals surface area contributed by atoms with E-state index in [1.165, 1.54) is 49.8 Å². The average Bonchev–Trinajstić information content (AvgIpc) is 2.24. The molecule has 1 aliphatic heterocycles. The number of quaternary nitrogens is 1. The summed E-state index contributed by atoms with van der Waals surface area (Å²) in [5.74, 6) is 2.57. The van der Waals surface area contributed by atoms with Crippen LogP contribution in [-0.2, 0) is 0 Å². The van der Waals surface area contributed by atoms with Crippen LogP contribution in [0.2, 0.25) is 0 Å².